The number of nitrogens with one attached hydrogen (secondary N) is 2. The van der Waals surface area contributed by atoms with Crippen molar-refractivity contribution in [3.8, 4) is 11.3 Å². The molecule has 0 aliphatic rings. The number of hydrogen-bond acceptors (Lipinski definition) is 4. The summed E-state index contributed by atoms with van der Waals surface area (Å²) in [5, 5.41) is 4.37. The molecule has 144 valence electrons. The molecule has 1 aromatic carbocycles. The third-order valence-corrected chi connectivity index (χ3v) is 5.35. The second-order valence-corrected chi connectivity index (χ2v) is 7.15. The second kappa shape index (κ2) is 6.67. The number of furan rings is 1. The Morgan fingerprint density at radius 3 is 2.86 bits per heavy atom. The van der Waals surface area contributed by atoms with Gasteiger partial charge >= 0.3 is 0 Å². The van der Waals surface area contributed by atoms with Crippen LogP contribution in [0.1, 0.15) is 16.9 Å². The number of aromatic nitrogens is 3. The van der Waals surface area contributed by atoms with E-state index in [4.69, 9.17) is 9.40 Å². The van der Waals surface area contributed by atoms with Crippen LogP contribution in [0.4, 0.5) is 5.82 Å². The number of nitrogens with zero attached hydrogens (tertiary/aromatic N) is 2. The molecule has 0 saturated carbocycles. The molecule has 6 heteroatoms. The molecular formula is C23H20N4O2. The van der Waals surface area contributed by atoms with Crippen LogP contribution in [0.25, 0.3) is 27.8 Å². The molecule has 6 nitrogen and oxygen atoms in total. The first-order chi connectivity index (χ1) is 14.1. The van der Waals surface area contributed by atoms with Crippen molar-refractivity contribution >= 4 is 22.4 Å². The zero-order valence-corrected chi connectivity index (χ0v) is 16.2. The minimum absolute atomic E-state index is 0.157. The van der Waals surface area contributed by atoms with Crippen molar-refractivity contribution < 1.29 is 4.42 Å². The van der Waals surface area contributed by atoms with E-state index in [2.05, 4.69) is 16.4 Å². The van der Waals surface area contributed by atoms with Crippen molar-refractivity contribution in [1.29, 1.82) is 0 Å². The van der Waals surface area contributed by atoms with Gasteiger partial charge in [0.25, 0.3) is 5.56 Å². The SMILES string of the molecule is Cc1ccc2cc(-c3nc4ccccn4c3NCc3ccco3)c(=O)[nH]c2c1C. The summed E-state index contributed by atoms with van der Waals surface area (Å²) in [6, 6.07) is 15.6. The van der Waals surface area contributed by atoms with E-state index in [9.17, 15) is 4.79 Å². The Balaban J connectivity index is 1.70. The van der Waals surface area contributed by atoms with Crippen molar-refractivity contribution in [3.63, 3.8) is 0 Å². The Hall–Kier alpha value is -3.80. The van der Waals surface area contributed by atoms with Gasteiger partial charge in [0.2, 0.25) is 0 Å². The van der Waals surface area contributed by atoms with E-state index in [1.54, 1.807) is 6.26 Å². The number of pyridine rings is 2. The van der Waals surface area contributed by atoms with Crippen molar-refractivity contribution in [3.05, 3.63) is 88.2 Å². The van der Waals surface area contributed by atoms with Gasteiger partial charge in [0.1, 0.15) is 22.9 Å². The third-order valence-electron chi connectivity index (χ3n) is 5.35. The zero-order valence-electron chi connectivity index (χ0n) is 16.2. The van der Waals surface area contributed by atoms with Crippen LogP contribution in [0.15, 0.2) is 70.2 Å². The molecule has 0 saturated heterocycles. The lowest BCUT2D eigenvalue weighted by atomic mass is 10.0. The lowest BCUT2D eigenvalue weighted by molar-refractivity contribution is 0.518. The van der Waals surface area contributed by atoms with Gasteiger partial charge in [0.15, 0.2) is 0 Å². The highest BCUT2D eigenvalue weighted by molar-refractivity contribution is 5.88. The fourth-order valence-electron chi connectivity index (χ4n) is 3.64. The summed E-state index contributed by atoms with van der Waals surface area (Å²) < 4.78 is 7.38. The van der Waals surface area contributed by atoms with Crippen LogP contribution >= 0.6 is 0 Å². The van der Waals surface area contributed by atoms with Crippen molar-refractivity contribution in [2.45, 2.75) is 20.4 Å². The number of hydrogen-bond donors (Lipinski definition) is 2. The van der Waals surface area contributed by atoms with Crippen molar-refractivity contribution in [2.75, 3.05) is 5.32 Å². The Labute approximate surface area is 166 Å². The number of imidazole rings is 1. The van der Waals surface area contributed by atoms with E-state index in [1.165, 1.54) is 0 Å². The molecule has 29 heavy (non-hydrogen) atoms. The van der Waals surface area contributed by atoms with Gasteiger partial charge in [0.05, 0.1) is 23.9 Å². The summed E-state index contributed by atoms with van der Waals surface area (Å²) in [4.78, 5) is 20.8. The first-order valence-corrected chi connectivity index (χ1v) is 9.49. The first kappa shape index (κ1) is 17.3. The molecule has 5 aromatic rings. The number of H-pyrrole nitrogens is 1. The maximum absolute atomic E-state index is 13.0. The van der Waals surface area contributed by atoms with Gasteiger partial charge in [-0.2, -0.15) is 0 Å². The first-order valence-electron chi connectivity index (χ1n) is 9.49. The molecular weight excluding hydrogens is 364 g/mol. The largest absolute Gasteiger partial charge is 0.467 e. The van der Waals surface area contributed by atoms with E-state index >= 15 is 0 Å². The van der Waals surface area contributed by atoms with Crippen LogP contribution in [0, 0.1) is 13.8 Å². The smallest absolute Gasteiger partial charge is 0.258 e. The highest BCUT2D eigenvalue weighted by atomic mass is 16.3. The van der Waals surface area contributed by atoms with Crippen LogP contribution in [0.5, 0.6) is 0 Å². The van der Waals surface area contributed by atoms with E-state index in [0.717, 1.165) is 39.3 Å². The van der Waals surface area contributed by atoms with E-state index in [0.29, 0.717) is 17.8 Å². The number of aryl methyl sites for hydroxylation is 2. The summed E-state index contributed by atoms with van der Waals surface area (Å²) in [5.41, 5.74) is 4.86. The van der Waals surface area contributed by atoms with Crippen LogP contribution < -0.4 is 10.9 Å². The predicted octanol–water partition coefficient (Wildman–Crippen LogP) is 4.66. The normalized spacial score (nSPS) is 11.4. The van der Waals surface area contributed by atoms with Crippen LogP contribution in [-0.2, 0) is 6.54 Å². The molecule has 0 radical (unpaired) electrons. The predicted molar refractivity (Wildman–Crippen MR) is 114 cm³/mol. The quantitative estimate of drug-likeness (QED) is 0.472. The molecule has 0 bridgehead atoms. The Kier molecular flexibility index (Phi) is 3.98. The molecule has 2 N–H and O–H groups in total. The van der Waals surface area contributed by atoms with Gasteiger partial charge in [-0.05, 0) is 60.7 Å². The van der Waals surface area contributed by atoms with E-state index < -0.39 is 0 Å². The maximum atomic E-state index is 13.0. The standard InChI is InChI=1S/C23H20N4O2/c1-14-8-9-16-12-18(23(28)26-20(16)15(14)2)21-22(24-13-17-6-5-11-29-17)27-10-4-3-7-19(27)25-21/h3-12,24H,13H2,1-2H3,(H,26,28). The summed E-state index contributed by atoms with van der Waals surface area (Å²) in [7, 11) is 0. The summed E-state index contributed by atoms with van der Waals surface area (Å²) >= 11 is 0. The summed E-state index contributed by atoms with van der Waals surface area (Å²) in [6.45, 7) is 4.56. The number of aromatic amines is 1. The topological polar surface area (TPSA) is 75.3 Å². The number of fused-ring (bicyclic) bond motifs is 2. The number of rotatable bonds is 4. The van der Waals surface area contributed by atoms with Gasteiger partial charge in [-0.15, -0.1) is 0 Å². The lowest BCUT2D eigenvalue weighted by Gasteiger charge is -2.09. The Morgan fingerprint density at radius 1 is 1.14 bits per heavy atom. The fraction of sp³-hybridized carbons (Fsp3) is 0.130. The average molecular weight is 384 g/mol. The minimum atomic E-state index is -0.157. The molecule has 0 aliphatic heterocycles. The van der Waals surface area contributed by atoms with Gasteiger partial charge < -0.3 is 14.7 Å². The second-order valence-electron chi connectivity index (χ2n) is 7.15. The monoisotopic (exact) mass is 384 g/mol. The fourth-order valence-corrected chi connectivity index (χ4v) is 3.64. The van der Waals surface area contributed by atoms with Gasteiger partial charge in [0, 0.05) is 6.20 Å². The molecule has 5 rings (SSSR count). The van der Waals surface area contributed by atoms with Crippen LogP contribution in [0.2, 0.25) is 0 Å². The molecule has 0 fully saturated rings. The molecule has 0 amide bonds. The summed E-state index contributed by atoms with van der Waals surface area (Å²) in [6.07, 6.45) is 3.57. The minimum Gasteiger partial charge on any atom is -0.467 e. The van der Waals surface area contributed by atoms with E-state index in [-0.39, 0.29) is 5.56 Å². The molecule has 0 spiro atoms. The zero-order chi connectivity index (χ0) is 20.0. The summed E-state index contributed by atoms with van der Waals surface area (Å²) in [5.74, 6) is 1.56. The number of anilines is 1. The van der Waals surface area contributed by atoms with Crippen molar-refractivity contribution in [2.24, 2.45) is 0 Å². The molecule has 0 atom stereocenters. The Bertz CT molecular complexity index is 1390. The molecule has 0 unspecified atom stereocenters. The van der Waals surface area contributed by atoms with E-state index in [1.807, 2.05) is 66.9 Å². The molecule has 4 heterocycles. The van der Waals surface area contributed by atoms with Crippen molar-refractivity contribution in [1.82, 2.24) is 14.4 Å². The van der Waals surface area contributed by atoms with Gasteiger partial charge in [-0.1, -0.05) is 18.2 Å². The highest BCUT2D eigenvalue weighted by Crippen LogP contribution is 2.29. The molecule has 0 aliphatic carbocycles. The van der Waals surface area contributed by atoms with Gasteiger partial charge in [-0.3, -0.25) is 9.20 Å². The molecule has 4 aromatic heterocycles. The number of benzene rings is 1. The lowest BCUT2D eigenvalue weighted by Crippen LogP contribution is -2.11. The Morgan fingerprint density at radius 2 is 2.03 bits per heavy atom. The maximum Gasteiger partial charge on any atom is 0.258 e. The van der Waals surface area contributed by atoms with Crippen LogP contribution in [0.3, 0.4) is 0 Å². The highest BCUT2D eigenvalue weighted by Gasteiger charge is 2.18. The third kappa shape index (κ3) is 2.89. The van der Waals surface area contributed by atoms with Gasteiger partial charge in [-0.25, -0.2) is 4.98 Å². The van der Waals surface area contributed by atoms with Crippen LogP contribution in [-0.4, -0.2) is 14.4 Å². The average Bonchev–Trinajstić information content (AvgIpc) is 3.37.